The number of hydrogen-bond acceptors (Lipinski definition) is 4. The fraction of sp³-hybridized carbons (Fsp3) is 0.167. The Bertz CT molecular complexity index is 1070. The van der Waals surface area contributed by atoms with E-state index < -0.39 is 0 Å². The molecule has 0 saturated carbocycles. The highest BCUT2D eigenvalue weighted by Gasteiger charge is 1.98. The molecule has 4 nitrogen and oxygen atoms in total. The van der Waals surface area contributed by atoms with Crippen LogP contribution < -0.4 is 4.74 Å². The summed E-state index contributed by atoms with van der Waals surface area (Å²) in [6, 6.07) is 23.7. The average Bonchev–Trinajstić information content (AvgIpc) is 2.77. The summed E-state index contributed by atoms with van der Waals surface area (Å²) in [5.41, 5.74) is 0. The van der Waals surface area contributed by atoms with E-state index in [-0.39, 0.29) is 6.79 Å². The maximum absolute atomic E-state index is 9.21. The topological polar surface area (TPSA) is 47.9 Å². The lowest BCUT2D eigenvalue weighted by atomic mass is 10.1. The summed E-state index contributed by atoms with van der Waals surface area (Å²) in [6.45, 7) is 0.277. The minimum Gasteiger partial charge on any atom is -0.508 e. The van der Waals surface area contributed by atoms with Crippen LogP contribution in [-0.2, 0) is 9.47 Å². The highest BCUT2D eigenvalue weighted by molar-refractivity contribution is 9.10. The smallest absolute Gasteiger partial charge is 0.188 e. The Morgan fingerprint density at radius 1 is 0.710 bits per heavy atom. The molecule has 0 aliphatic rings. The number of alkyl halides is 1. The van der Waals surface area contributed by atoms with Gasteiger partial charge in [-0.3, -0.25) is 0 Å². The van der Waals surface area contributed by atoms with Gasteiger partial charge in [0.25, 0.3) is 0 Å². The summed E-state index contributed by atoms with van der Waals surface area (Å²) in [7, 11) is 3.16. The predicted octanol–water partition coefficient (Wildman–Crippen LogP) is 7.72. The van der Waals surface area contributed by atoms with Crippen molar-refractivity contribution in [3.63, 3.8) is 0 Å². The van der Waals surface area contributed by atoms with Gasteiger partial charge in [-0.15, -0.1) is 0 Å². The number of halogens is 3. The summed E-state index contributed by atoms with van der Waals surface area (Å²) in [5.74, 6) is 1.13. The van der Waals surface area contributed by atoms with Crippen molar-refractivity contribution in [3.8, 4) is 11.5 Å². The highest BCUT2D eigenvalue weighted by Crippen LogP contribution is 2.24. The fourth-order valence-corrected chi connectivity index (χ4v) is 3.37. The van der Waals surface area contributed by atoms with Crippen molar-refractivity contribution >= 4 is 65.0 Å². The summed E-state index contributed by atoms with van der Waals surface area (Å²) in [5, 5.41) is 13.7. The first kappa shape index (κ1) is 25.4. The van der Waals surface area contributed by atoms with Crippen LogP contribution in [0.3, 0.4) is 0 Å². The molecule has 0 unspecified atom stereocenters. The van der Waals surface area contributed by atoms with E-state index in [0.29, 0.717) is 11.8 Å². The molecule has 0 heterocycles. The number of phenolic OH excluding ortho intramolecular Hbond substituents is 1. The number of benzene rings is 4. The first-order valence-electron chi connectivity index (χ1n) is 9.21. The summed E-state index contributed by atoms with van der Waals surface area (Å²) in [4.78, 5) is 0. The van der Waals surface area contributed by atoms with E-state index in [0.717, 1.165) is 30.9 Å². The Kier molecular flexibility index (Phi) is 11.1. The molecule has 4 rings (SSSR count). The lowest BCUT2D eigenvalue weighted by Crippen LogP contribution is -1.98. The quantitative estimate of drug-likeness (QED) is 0.202. The predicted molar refractivity (Wildman–Crippen MR) is 135 cm³/mol. The van der Waals surface area contributed by atoms with Crippen LogP contribution >= 0.6 is 43.5 Å². The average molecular weight is 571 g/mol. The van der Waals surface area contributed by atoms with Gasteiger partial charge < -0.3 is 19.3 Å². The van der Waals surface area contributed by atoms with E-state index in [9.17, 15) is 5.11 Å². The molecule has 4 aromatic carbocycles. The number of phenols is 1. The molecule has 0 bridgehead atoms. The summed E-state index contributed by atoms with van der Waals surface area (Å²) < 4.78 is 16.6. The molecule has 0 radical (unpaired) electrons. The van der Waals surface area contributed by atoms with Gasteiger partial charge in [0, 0.05) is 23.2 Å². The van der Waals surface area contributed by atoms with Crippen molar-refractivity contribution in [2.24, 2.45) is 0 Å². The van der Waals surface area contributed by atoms with Crippen molar-refractivity contribution < 1.29 is 19.3 Å². The van der Waals surface area contributed by atoms with Gasteiger partial charge in [0.1, 0.15) is 17.6 Å². The minimum atomic E-state index is 0.277. The van der Waals surface area contributed by atoms with Crippen molar-refractivity contribution in [1.29, 1.82) is 0 Å². The molecule has 0 amide bonds. The molecular weight excluding hydrogens is 548 g/mol. The van der Waals surface area contributed by atoms with Gasteiger partial charge in [0.2, 0.25) is 0 Å². The number of fused-ring (bicyclic) bond motifs is 2. The van der Waals surface area contributed by atoms with Gasteiger partial charge in [0.15, 0.2) is 6.79 Å². The van der Waals surface area contributed by atoms with Gasteiger partial charge in [0.05, 0.1) is 0 Å². The number of ether oxygens (including phenoxy) is 3. The number of rotatable bonds is 4. The molecule has 0 spiro atoms. The SMILES string of the molecule is COCCl.COCOc1ccc2ccc(Br)cc2c1.Oc1ccc2ccc(Br)cc2c1. The van der Waals surface area contributed by atoms with Crippen molar-refractivity contribution in [2.75, 3.05) is 27.1 Å². The molecule has 164 valence electrons. The maximum Gasteiger partial charge on any atom is 0.188 e. The van der Waals surface area contributed by atoms with Gasteiger partial charge in [-0.25, -0.2) is 0 Å². The Hall–Kier alpha value is -1.83. The van der Waals surface area contributed by atoms with Crippen LogP contribution in [0.5, 0.6) is 11.5 Å². The van der Waals surface area contributed by atoms with E-state index in [1.54, 1.807) is 26.4 Å². The van der Waals surface area contributed by atoms with Crippen molar-refractivity contribution in [1.82, 2.24) is 0 Å². The number of methoxy groups -OCH3 is 2. The van der Waals surface area contributed by atoms with E-state index in [2.05, 4.69) is 48.7 Å². The Balaban J connectivity index is 0.000000192. The zero-order chi connectivity index (χ0) is 22.6. The van der Waals surface area contributed by atoms with Crippen LogP contribution in [0.4, 0.5) is 0 Å². The largest absolute Gasteiger partial charge is 0.508 e. The van der Waals surface area contributed by atoms with Crippen LogP contribution in [-0.4, -0.2) is 32.2 Å². The number of hydrogen-bond donors (Lipinski definition) is 1. The van der Waals surface area contributed by atoms with Crippen LogP contribution in [0.2, 0.25) is 0 Å². The fourth-order valence-electron chi connectivity index (χ4n) is 2.62. The molecule has 0 aliphatic heterocycles. The van der Waals surface area contributed by atoms with Crippen molar-refractivity contribution in [3.05, 3.63) is 81.7 Å². The monoisotopic (exact) mass is 568 g/mol. The normalized spacial score (nSPS) is 10.1. The third-order valence-corrected chi connectivity index (χ3v) is 5.22. The molecule has 7 heteroatoms. The van der Waals surface area contributed by atoms with E-state index in [1.165, 1.54) is 5.39 Å². The standard InChI is InChI=1S/C12H11BrO2.C10H7BrO.C2H5ClO/c1-14-8-15-12-5-3-9-2-4-11(13)6-10(9)7-12;11-9-3-1-7-2-4-10(12)6-8(7)5-9;1-4-2-3/h2-7H,8H2,1H3;1-6,12H;2H2,1H3. The molecule has 0 saturated heterocycles. The first-order chi connectivity index (χ1) is 15.0. The zero-order valence-electron chi connectivity index (χ0n) is 17.1. The van der Waals surface area contributed by atoms with Gasteiger partial charge in [-0.05, 0) is 70.1 Å². The molecular formula is C24H23Br2ClO4. The van der Waals surface area contributed by atoms with Gasteiger partial charge >= 0.3 is 0 Å². The van der Waals surface area contributed by atoms with E-state index in [1.807, 2.05) is 48.5 Å². The molecule has 1 N–H and O–H groups in total. The van der Waals surface area contributed by atoms with Gasteiger partial charge in [-0.1, -0.05) is 67.7 Å². The molecule has 0 aliphatic carbocycles. The van der Waals surface area contributed by atoms with Crippen molar-refractivity contribution in [2.45, 2.75) is 0 Å². The molecule has 0 aromatic heterocycles. The second-order valence-corrected chi connectivity index (χ2v) is 8.33. The van der Waals surface area contributed by atoms with Crippen LogP contribution in [0.15, 0.2) is 81.7 Å². The third kappa shape index (κ3) is 8.67. The van der Waals surface area contributed by atoms with Crippen LogP contribution in [0, 0.1) is 0 Å². The second-order valence-electron chi connectivity index (χ2n) is 6.28. The first-order valence-corrected chi connectivity index (χ1v) is 11.3. The van der Waals surface area contributed by atoms with Crippen LogP contribution in [0.1, 0.15) is 0 Å². The molecule has 4 aromatic rings. The molecule has 0 fully saturated rings. The third-order valence-electron chi connectivity index (χ3n) is 4.01. The second kappa shape index (κ2) is 13.6. The lowest BCUT2D eigenvalue weighted by molar-refractivity contribution is 0.0512. The van der Waals surface area contributed by atoms with E-state index >= 15 is 0 Å². The molecule has 0 atom stereocenters. The van der Waals surface area contributed by atoms with E-state index in [4.69, 9.17) is 21.1 Å². The number of aromatic hydroxyl groups is 1. The Morgan fingerprint density at radius 2 is 1.23 bits per heavy atom. The summed E-state index contributed by atoms with van der Waals surface area (Å²) >= 11 is 11.8. The van der Waals surface area contributed by atoms with Gasteiger partial charge in [-0.2, -0.15) is 0 Å². The lowest BCUT2D eigenvalue weighted by Gasteiger charge is -2.05. The Morgan fingerprint density at radius 3 is 1.77 bits per heavy atom. The summed E-state index contributed by atoms with van der Waals surface area (Å²) in [6.07, 6.45) is 0. The highest BCUT2D eigenvalue weighted by atomic mass is 79.9. The molecule has 31 heavy (non-hydrogen) atoms. The Labute approximate surface area is 203 Å². The van der Waals surface area contributed by atoms with Crippen LogP contribution in [0.25, 0.3) is 21.5 Å². The zero-order valence-corrected chi connectivity index (χ0v) is 21.1. The maximum atomic E-state index is 9.21. The minimum absolute atomic E-state index is 0.277.